The molecule has 2 rings (SSSR count). The first kappa shape index (κ1) is 8.94. The summed E-state index contributed by atoms with van der Waals surface area (Å²) in [5.41, 5.74) is -0.0836. The maximum atomic E-state index is 13.2. The van der Waals surface area contributed by atoms with Crippen molar-refractivity contribution in [3.05, 3.63) is 22.9 Å². The summed E-state index contributed by atoms with van der Waals surface area (Å²) in [6, 6.07) is 3.71. The van der Waals surface area contributed by atoms with E-state index in [1.807, 2.05) is 12.1 Å². The highest BCUT2D eigenvalue weighted by Crippen LogP contribution is 2.39. The van der Waals surface area contributed by atoms with Gasteiger partial charge in [-0.3, -0.25) is 0 Å². The minimum absolute atomic E-state index is 0.399. The van der Waals surface area contributed by atoms with Gasteiger partial charge in [0.2, 0.25) is 0 Å². The van der Waals surface area contributed by atoms with Crippen molar-refractivity contribution in [1.29, 1.82) is 0 Å². The van der Waals surface area contributed by atoms with E-state index in [-0.39, 0.29) is 0 Å². The van der Waals surface area contributed by atoms with Gasteiger partial charge < -0.3 is 5.32 Å². The average molecular weight is 245 g/mol. The Morgan fingerprint density at radius 2 is 2.31 bits per heavy atom. The van der Waals surface area contributed by atoms with Crippen LogP contribution in [0.1, 0.15) is 12.8 Å². The van der Waals surface area contributed by atoms with Crippen molar-refractivity contribution < 1.29 is 4.39 Å². The first-order valence-electron chi connectivity index (χ1n) is 4.22. The monoisotopic (exact) mass is 244 g/mol. The van der Waals surface area contributed by atoms with E-state index in [2.05, 4.69) is 26.2 Å². The highest BCUT2D eigenvalue weighted by atomic mass is 79.9. The van der Waals surface area contributed by atoms with Crippen molar-refractivity contribution in [3.8, 4) is 0 Å². The van der Waals surface area contributed by atoms with Gasteiger partial charge in [-0.1, -0.05) is 0 Å². The Balaban J connectivity index is 1.91. The molecule has 13 heavy (non-hydrogen) atoms. The van der Waals surface area contributed by atoms with Crippen LogP contribution in [-0.2, 0) is 0 Å². The van der Waals surface area contributed by atoms with E-state index in [4.69, 9.17) is 0 Å². The number of nitrogens with one attached hydrogen (secondary N) is 1. The fraction of sp³-hybridized carbons (Fsp3) is 0.444. The van der Waals surface area contributed by atoms with Gasteiger partial charge >= 0.3 is 0 Å². The van der Waals surface area contributed by atoms with Gasteiger partial charge in [-0.25, -0.2) is 9.37 Å². The van der Waals surface area contributed by atoms with Gasteiger partial charge in [0.25, 0.3) is 0 Å². The highest BCUT2D eigenvalue weighted by Gasteiger charge is 2.42. The molecule has 1 aliphatic carbocycles. The topological polar surface area (TPSA) is 24.9 Å². The van der Waals surface area contributed by atoms with Gasteiger partial charge in [-0.15, -0.1) is 0 Å². The van der Waals surface area contributed by atoms with Crippen LogP contribution in [0.5, 0.6) is 0 Å². The fourth-order valence-electron chi connectivity index (χ4n) is 1.05. The van der Waals surface area contributed by atoms with Crippen molar-refractivity contribution in [3.63, 3.8) is 0 Å². The molecular formula is C9H10BrFN2. The number of pyridine rings is 1. The lowest BCUT2D eigenvalue weighted by molar-refractivity contribution is 0.326. The summed E-state index contributed by atoms with van der Waals surface area (Å²) in [5.74, 6) is 0. The smallest absolute Gasteiger partial charge is 0.128 e. The molecule has 0 aromatic carbocycles. The minimum atomic E-state index is -0.951. The van der Waals surface area contributed by atoms with E-state index < -0.39 is 5.67 Å². The van der Waals surface area contributed by atoms with E-state index in [1.54, 1.807) is 6.20 Å². The number of hydrogen-bond donors (Lipinski definition) is 1. The molecule has 1 aliphatic rings. The molecule has 70 valence electrons. The number of anilines is 1. The van der Waals surface area contributed by atoms with Crippen molar-refractivity contribution in [1.82, 2.24) is 4.98 Å². The lowest BCUT2D eigenvalue weighted by Crippen LogP contribution is -2.15. The van der Waals surface area contributed by atoms with Crippen molar-refractivity contribution in [2.24, 2.45) is 0 Å². The first-order valence-corrected chi connectivity index (χ1v) is 5.02. The fourth-order valence-corrected chi connectivity index (χ4v) is 1.29. The molecule has 1 N–H and O–H groups in total. The Kier molecular flexibility index (Phi) is 2.24. The zero-order valence-electron chi connectivity index (χ0n) is 7.06. The highest BCUT2D eigenvalue weighted by molar-refractivity contribution is 9.10. The van der Waals surface area contributed by atoms with Gasteiger partial charge in [0.15, 0.2) is 0 Å². The second-order valence-corrected chi connectivity index (χ2v) is 4.19. The first-order chi connectivity index (χ1) is 6.18. The molecule has 0 spiro atoms. The molecule has 1 aromatic rings. The number of nitrogens with zero attached hydrogens (tertiary/aromatic N) is 1. The number of rotatable bonds is 3. The molecule has 0 saturated heterocycles. The summed E-state index contributed by atoms with van der Waals surface area (Å²) in [7, 11) is 0. The largest absolute Gasteiger partial charge is 0.381 e. The van der Waals surface area contributed by atoms with Crippen LogP contribution >= 0.6 is 15.9 Å². The standard InChI is InChI=1S/C9H10BrFN2/c10-8-2-1-7(5-12-8)13-6-9(11)3-4-9/h1-2,5,13H,3-4,6H2. The quantitative estimate of drug-likeness (QED) is 0.828. The molecule has 2 nitrogen and oxygen atoms in total. The van der Waals surface area contributed by atoms with Crippen molar-refractivity contribution in [2.75, 3.05) is 11.9 Å². The summed E-state index contributed by atoms with van der Waals surface area (Å²) in [4.78, 5) is 4.03. The van der Waals surface area contributed by atoms with Crippen molar-refractivity contribution >= 4 is 21.6 Å². The van der Waals surface area contributed by atoms with Gasteiger partial charge in [0.1, 0.15) is 10.3 Å². The maximum Gasteiger partial charge on any atom is 0.128 e. The van der Waals surface area contributed by atoms with E-state index in [1.165, 1.54) is 0 Å². The molecule has 1 aromatic heterocycles. The van der Waals surface area contributed by atoms with Crippen LogP contribution in [0.25, 0.3) is 0 Å². The second kappa shape index (κ2) is 3.25. The van der Waals surface area contributed by atoms with Crippen LogP contribution in [0.2, 0.25) is 0 Å². The Morgan fingerprint density at radius 1 is 1.54 bits per heavy atom. The summed E-state index contributed by atoms with van der Waals surface area (Å²) < 4.78 is 14.0. The van der Waals surface area contributed by atoms with E-state index >= 15 is 0 Å². The minimum Gasteiger partial charge on any atom is -0.381 e. The van der Waals surface area contributed by atoms with Crippen molar-refractivity contribution in [2.45, 2.75) is 18.5 Å². The molecule has 1 heterocycles. The van der Waals surface area contributed by atoms with Crippen LogP contribution < -0.4 is 5.32 Å². The Labute approximate surface area is 84.7 Å². The number of halogens is 2. The van der Waals surface area contributed by atoms with Crippen LogP contribution in [0, 0.1) is 0 Å². The zero-order valence-corrected chi connectivity index (χ0v) is 8.64. The van der Waals surface area contributed by atoms with E-state index in [0.717, 1.165) is 10.3 Å². The van der Waals surface area contributed by atoms with E-state index in [0.29, 0.717) is 19.4 Å². The molecule has 0 aliphatic heterocycles. The molecule has 0 unspecified atom stereocenters. The maximum absolute atomic E-state index is 13.2. The zero-order chi connectivity index (χ0) is 9.31. The predicted octanol–water partition coefficient (Wildman–Crippen LogP) is 2.76. The van der Waals surface area contributed by atoms with Gasteiger partial charge in [-0.05, 0) is 40.9 Å². The lowest BCUT2D eigenvalue weighted by Gasteiger charge is -2.07. The number of alkyl halides is 1. The second-order valence-electron chi connectivity index (χ2n) is 3.37. The molecule has 0 atom stereocenters. The number of hydrogen-bond acceptors (Lipinski definition) is 2. The third kappa shape index (κ3) is 2.40. The summed E-state index contributed by atoms with van der Waals surface area (Å²) in [6.45, 7) is 0.399. The Hall–Kier alpha value is -0.640. The molecule has 0 bridgehead atoms. The van der Waals surface area contributed by atoms with Gasteiger partial charge in [0, 0.05) is 6.54 Å². The SMILES string of the molecule is FC1(CNc2ccc(Br)nc2)CC1. The Morgan fingerprint density at radius 3 is 2.85 bits per heavy atom. The Bertz CT molecular complexity index is 295. The molecule has 4 heteroatoms. The summed E-state index contributed by atoms with van der Waals surface area (Å²) >= 11 is 3.24. The third-order valence-corrected chi connectivity index (χ3v) is 2.60. The average Bonchev–Trinajstić information content (AvgIpc) is 2.84. The summed E-state index contributed by atoms with van der Waals surface area (Å²) in [6.07, 6.45) is 3.06. The van der Waals surface area contributed by atoms with Gasteiger partial charge in [0.05, 0.1) is 11.9 Å². The summed E-state index contributed by atoms with van der Waals surface area (Å²) in [5, 5.41) is 3.02. The molecule has 1 fully saturated rings. The normalized spacial score (nSPS) is 18.3. The molecule has 1 saturated carbocycles. The van der Waals surface area contributed by atoms with Crippen LogP contribution in [-0.4, -0.2) is 17.2 Å². The predicted molar refractivity (Wildman–Crippen MR) is 53.5 cm³/mol. The third-order valence-electron chi connectivity index (χ3n) is 2.13. The van der Waals surface area contributed by atoms with E-state index in [9.17, 15) is 4.39 Å². The lowest BCUT2D eigenvalue weighted by atomic mass is 10.3. The van der Waals surface area contributed by atoms with Crippen LogP contribution in [0.15, 0.2) is 22.9 Å². The molecule has 0 amide bonds. The van der Waals surface area contributed by atoms with Gasteiger partial charge in [-0.2, -0.15) is 0 Å². The molecular weight excluding hydrogens is 235 g/mol. The van der Waals surface area contributed by atoms with Crippen LogP contribution in [0.4, 0.5) is 10.1 Å². The number of aromatic nitrogens is 1. The van der Waals surface area contributed by atoms with Crippen LogP contribution in [0.3, 0.4) is 0 Å². The molecule has 0 radical (unpaired) electrons.